The first-order valence-electron chi connectivity index (χ1n) is 10.2. The van der Waals surface area contributed by atoms with Gasteiger partial charge in [-0.1, -0.05) is 36.8 Å². The van der Waals surface area contributed by atoms with Crippen molar-refractivity contribution in [3.05, 3.63) is 63.0 Å². The lowest BCUT2D eigenvalue weighted by atomic mass is 9.95. The van der Waals surface area contributed by atoms with Crippen LogP contribution in [0.1, 0.15) is 52.3 Å². The highest BCUT2D eigenvalue weighted by atomic mass is 16.6. The third-order valence-corrected chi connectivity index (χ3v) is 5.85. The third kappa shape index (κ3) is 5.94. The zero-order valence-corrected chi connectivity index (χ0v) is 18.7. The van der Waals surface area contributed by atoms with Gasteiger partial charge in [0.15, 0.2) is 11.3 Å². The molecule has 1 aliphatic rings. The molecule has 1 aromatic rings. The van der Waals surface area contributed by atoms with Crippen molar-refractivity contribution in [2.24, 2.45) is 5.92 Å². The molecule has 0 saturated carbocycles. The molecule has 4 atom stereocenters. The Morgan fingerprint density at radius 1 is 1.45 bits per heavy atom. The highest BCUT2D eigenvalue weighted by Crippen LogP contribution is 2.41. The number of aromatic amines is 1. The van der Waals surface area contributed by atoms with E-state index in [9.17, 15) is 9.90 Å². The number of methoxy groups -OCH3 is 1. The Morgan fingerprint density at radius 2 is 2.14 bits per heavy atom. The number of ether oxygens (including phenoxy) is 2. The number of epoxide rings is 1. The third-order valence-electron chi connectivity index (χ3n) is 5.85. The summed E-state index contributed by atoms with van der Waals surface area (Å²) in [6.45, 7) is 11.9. The summed E-state index contributed by atoms with van der Waals surface area (Å²) in [5.41, 5.74) is 3.43. The van der Waals surface area contributed by atoms with Gasteiger partial charge in [-0.2, -0.15) is 0 Å². The molecule has 2 rings (SSSR count). The van der Waals surface area contributed by atoms with Gasteiger partial charge in [0.2, 0.25) is 0 Å². The normalized spacial score (nSPS) is 24.6. The zero-order valence-electron chi connectivity index (χ0n) is 18.7. The fourth-order valence-corrected chi connectivity index (χ4v) is 3.51. The first-order valence-corrected chi connectivity index (χ1v) is 10.2. The molecule has 0 aliphatic carbocycles. The summed E-state index contributed by atoms with van der Waals surface area (Å²) in [7, 11) is 1.54. The minimum absolute atomic E-state index is 0.0249. The van der Waals surface area contributed by atoms with Crippen molar-refractivity contribution in [3.8, 4) is 5.88 Å². The summed E-state index contributed by atoms with van der Waals surface area (Å²) in [5, 5.41) is 10.3. The van der Waals surface area contributed by atoms with Crippen molar-refractivity contribution in [1.82, 2.24) is 4.98 Å². The number of rotatable bonds is 9. The van der Waals surface area contributed by atoms with Gasteiger partial charge in [-0.3, -0.25) is 4.79 Å². The number of hydrogen-bond acceptors (Lipinski definition) is 4. The highest BCUT2D eigenvalue weighted by molar-refractivity contribution is 5.27. The lowest BCUT2D eigenvalue weighted by Crippen LogP contribution is -2.17. The summed E-state index contributed by atoms with van der Waals surface area (Å²) in [6.07, 6.45) is 9.30. The van der Waals surface area contributed by atoms with Crippen LogP contribution in [-0.4, -0.2) is 35.0 Å². The number of nitrogens with one attached hydrogen (secondary N) is 1. The van der Waals surface area contributed by atoms with Crippen molar-refractivity contribution in [3.63, 3.8) is 0 Å². The highest BCUT2D eigenvalue weighted by Gasteiger charge is 2.51. The predicted octanol–water partition coefficient (Wildman–Crippen LogP) is 4.25. The first-order chi connectivity index (χ1) is 13.6. The number of aromatic nitrogens is 1. The molecule has 2 N–H and O–H groups in total. The van der Waals surface area contributed by atoms with Crippen LogP contribution >= 0.6 is 0 Å². The number of allylic oxidation sites excluding steroid dienone is 3. The van der Waals surface area contributed by atoms with Gasteiger partial charge in [-0.25, -0.2) is 0 Å². The topological polar surface area (TPSA) is 74.8 Å². The second-order valence-corrected chi connectivity index (χ2v) is 8.28. The number of pyridine rings is 1. The van der Waals surface area contributed by atoms with E-state index in [2.05, 4.69) is 30.1 Å². The van der Waals surface area contributed by atoms with E-state index in [0.717, 1.165) is 23.3 Å². The van der Waals surface area contributed by atoms with Crippen molar-refractivity contribution in [2.75, 3.05) is 7.11 Å². The Morgan fingerprint density at radius 3 is 2.76 bits per heavy atom. The number of hydrogen-bond donors (Lipinski definition) is 2. The maximum absolute atomic E-state index is 12.0. The van der Waals surface area contributed by atoms with Crippen LogP contribution in [0.4, 0.5) is 0 Å². The Hall–Kier alpha value is -2.11. The van der Waals surface area contributed by atoms with Gasteiger partial charge in [0, 0.05) is 29.7 Å². The zero-order chi connectivity index (χ0) is 21.8. The van der Waals surface area contributed by atoms with E-state index in [4.69, 9.17) is 9.47 Å². The number of aliphatic hydroxyl groups excluding tert-OH is 1. The summed E-state index contributed by atoms with van der Waals surface area (Å²) in [4.78, 5) is 15.2. The largest absolute Gasteiger partial charge is 0.482 e. The maximum Gasteiger partial charge on any atom is 0.194 e. The van der Waals surface area contributed by atoms with Crippen LogP contribution in [0.2, 0.25) is 0 Å². The van der Waals surface area contributed by atoms with Gasteiger partial charge in [-0.05, 0) is 46.6 Å². The van der Waals surface area contributed by atoms with Gasteiger partial charge < -0.3 is 19.6 Å². The standard InChI is InChI=1S/C24H35NO4/c1-8-16(3)23(27)17(4)12-15(2)10-9-11-24(6)21(29-24)13-19-18(5)20(26)14-22(25-19)28-7/h8-10,12,14,17,21,23,27H,11,13H2,1-7H3,(H,25,26). The molecule has 1 fully saturated rings. The van der Waals surface area contributed by atoms with Crippen molar-refractivity contribution < 1.29 is 14.6 Å². The van der Waals surface area contributed by atoms with Gasteiger partial charge >= 0.3 is 0 Å². The molecule has 5 nitrogen and oxygen atoms in total. The van der Waals surface area contributed by atoms with Crippen LogP contribution in [0.25, 0.3) is 0 Å². The molecule has 0 aromatic carbocycles. The van der Waals surface area contributed by atoms with E-state index in [-0.39, 0.29) is 23.1 Å². The van der Waals surface area contributed by atoms with Crippen molar-refractivity contribution in [1.29, 1.82) is 0 Å². The molecule has 4 unspecified atom stereocenters. The molecular formula is C24H35NO4. The van der Waals surface area contributed by atoms with Crippen molar-refractivity contribution in [2.45, 2.75) is 72.2 Å². The lowest BCUT2D eigenvalue weighted by Gasteiger charge is -2.16. The van der Waals surface area contributed by atoms with E-state index in [0.29, 0.717) is 17.9 Å². The van der Waals surface area contributed by atoms with Crippen LogP contribution < -0.4 is 10.2 Å². The molecule has 1 aliphatic heterocycles. The van der Waals surface area contributed by atoms with Crippen LogP contribution in [0.5, 0.6) is 5.88 Å². The SMILES string of the molecule is CC=C(C)C(O)C(C)C=C(C)C=CCC1(C)OC1Cc1[nH]c(OC)cc(=O)c1C. The fourth-order valence-electron chi connectivity index (χ4n) is 3.51. The average molecular weight is 402 g/mol. The monoisotopic (exact) mass is 401 g/mol. The van der Waals surface area contributed by atoms with E-state index in [1.54, 1.807) is 7.11 Å². The minimum atomic E-state index is -0.453. The smallest absolute Gasteiger partial charge is 0.194 e. The second-order valence-electron chi connectivity index (χ2n) is 8.28. The Bertz CT molecular complexity index is 864. The summed E-state index contributed by atoms with van der Waals surface area (Å²) < 4.78 is 11.1. The van der Waals surface area contributed by atoms with Gasteiger partial charge in [0.1, 0.15) is 0 Å². The van der Waals surface area contributed by atoms with E-state index in [1.165, 1.54) is 6.07 Å². The molecule has 160 valence electrons. The fraction of sp³-hybridized carbons (Fsp3) is 0.542. The summed E-state index contributed by atoms with van der Waals surface area (Å²) in [6, 6.07) is 1.47. The molecule has 5 heteroatoms. The molecule has 0 amide bonds. The number of H-pyrrole nitrogens is 1. The lowest BCUT2D eigenvalue weighted by molar-refractivity contribution is 0.173. The Labute approximate surface area is 174 Å². The van der Waals surface area contributed by atoms with E-state index in [1.807, 2.05) is 40.7 Å². The van der Waals surface area contributed by atoms with Crippen LogP contribution in [0, 0.1) is 12.8 Å². The Kier molecular flexibility index (Phi) is 7.66. The molecule has 0 spiro atoms. The maximum atomic E-state index is 12.0. The van der Waals surface area contributed by atoms with E-state index >= 15 is 0 Å². The van der Waals surface area contributed by atoms with Crippen LogP contribution in [0.3, 0.4) is 0 Å². The first kappa shape index (κ1) is 23.2. The molecule has 0 radical (unpaired) electrons. The van der Waals surface area contributed by atoms with Crippen LogP contribution in [0.15, 0.2) is 46.3 Å². The van der Waals surface area contributed by atoms with Gasteiger partial charge in [0.05, 0.1) is 24.9 Å². The molecule has 2 heterocycles. The van der Waals surface area contributed by atoms with Crippen molar-refractivity contribution >= 4 is 0 Å². The van der Waals surface area contributed by atoms with Gasteiger partial charge in [0.25, 0.3) is 0 Å². The van der Waals surface area contributed by atoms with Crippen LogP contribution in [-0.2, 0) is 11.2 Å². The quantitative estimate of drug-likeness (QED) is 0.369. The summed E-state index contributed by atoms with van der Waals surface area (Å²) >= 11 is 0. The Balaban J connectivity index is 1.95. The van der Waals surface area contributed by atoms with Gasteiger partial charge in [-0.15, -0.1) is 0 Å². The molecular weight excluding hydrogens is 366 g/mol. The minimum Gasteiger partial charge on any atom is -0.482 e. The summed E-state index contributed by atoms with van der Waals surface area (Å²) in [5.74, 6) is 0.535. The van der Waals surface area contributed by atoms with E-state index < -0.39 is 6.10 Å². The molecule has 1 saturated heterocycles. The number of aliphatic hydroxyl groups is 1. The molecule has 29 heavy (non-hydrogen) atoms. The molecule has 1 aromatic heterocycles. The molecule has 0 bridgehead atoms. The average Bonchev–Trinajstić information content (AvgIpc) is 3.32. The predicted molar refractivity (Wildman–Crippen MR) is 117 cm³/mol. The second kappa shape index (κ2) is 9.59.